The van der Waals surface area contributed by atoms with Crippen LogP contribution in [0.1, 0.15) is 44.4 Å². The van der Waals surface area contributed by atoms with Gasteiger partial charge in [-0.1, -0.05) is 6.07 Å². The summed E-state index contributed by atoms with van der Waals surface area (Å²) in [5.41, 5.74) is 0.0552. The number of carbonyl (C=O) groups excluding carboxylic acids is 1. The molecule has 0 saturated carbocycles. The van der Waals surface area contributed by atoms with E-state index in [9.17, 15) is 4.79 Å². The van der Waals surface area contributed by atoms with Gasteiger partial charge >= 0.3 is 6.03 Å². The molecule has 3 saturated heterocycles. The Balaban J connectivity index is 1.61. The Hall–Kier alpha value is -1.07. The van der Waals surface area contributed by atoms with Crippen molar-refractivity contribution in [3.8, 4) is 0 Å². The van der Waals surface area contributed by atoms with Gasteiger partial charge in [0, 0.05) is 29.5 Å². The van der Waals surface area contributed by atoms with Gasteiger partial charge in [0.2, 0.25) is 0 Å². The number of fused-ring (bicyclic) bond motifs is 2. The Morgan fingerprint density at radius 2 is 2.09 bits per heavy atom. The molecule has 2 unspecified atom stereocenters. The highest BCUT2D eigenvalue weighted by molar-refractivity contribution is 7.09. The number of rotatable bonds is 3. The molecule has 1 spiro atoms. The fraction of sp³-hybridized carbons (Fsp3) is 0.706. The molecule has 0 aliphatic carbocycles. The van der Waals surface area contributed by atoms with Gasteiger partial charge in [-0.15, -0.1) is 11.3 Å². The molecule has 3 fully saturated rings. The molecule has 0 radical (unpaired) electrons. The fourth-order valence-corrected chi connectivity index (χ4v) is 5.61. The summed E-state index contributed by atoms with van der Waals surface area (Å²) in [6.07, 6.45) is 4.79. The summed E-state index contributed by atoms with van der Waals surface area (Å²) in [7, 11) is 0. The number of nitrogens with zero attached hydrogens (tertiary/aromatic N) is 2. The zero-order chi connectivity index (χ0) is 15.3. The summed E-state index contributed by atoms with van der Waals surface area (Å²) in [5, 5.41) is 5.82. The van der Waals surface area contributed by atoms with Crippen LogP contribution in [0.15, 0.2) is 17.5 Å². The molecule has 3 aliphatic rings. The monoisotopic (exact) mass is 319 g/mol. The van der Waals surface area contributed by atoms with Crippen molar-refractivity contribution in [2.45, 2.75) is 69.7 Å². The molecule has 120 valence electrons. The molecule has 4 rings (SSSR count). The Morgan fingerprint density at radius 3 is 2.68 bits per heavy atom. The van der Waals surface area contributed by atoms with E-state index in [-0.39, 0.29) is 17.6 Å². The summed E-state index contributed by atoms with van der Waals surface area (Å²) in [4.78, 5) is 18.6. The molecular formula is C17H25N3OS. The van der Waals surface area contributed by atoms with Crippen LogP contribution < -0.4 is 5.32 Å². The van der Waals surface area contributed by atoms with Crippen molar-refractivity contribution in [2.75, 3.05) is 6.54 Å². The van der Waals surface area contributed by atoms with Gasteiger partial charge in [-0.3, -0.25) is 0 Å². The Morgan fingerprint density at radius 1 is 1.36 bits per heavy atom. The van der Waals surface area contributed by atoms with Gasteiger partial charge in [0.25, 0.3) is 0 Å². The molecule has 4 heterocycles. The van der Waals surface area contributed by atoms with Crippen molar-refractivity contribution in [3.63, 3.8) is 0 Å². The summed E-state index contributed by atoms with van der Waals surface area (Å²) < 4.78 is 0. The molecule has 5 heteroatoms. The number of nitrogens with one attached hydrogen (secondary N) is 1. The predicted molar refractivity (Wildman–Crippen MR) is 89.0 cm³/mol. The first-order chi connectivity index (χ1) is 10.6. The standard InChI is InChI=1S/C17H25N3OS/c1-12(2)20-16(21)19(10-15-4-3-7-22-15)11-17(20)8-13-5-6-14(9-17)18-13/h3-4,7,12-14,18H,5-6,8-11H2,1-2H3. The number of amides is 2. The second-order valence-corrected chi connectivity index (χ2v) is 8.48. The highest BCUT2D eigenvalue weighted by Gasteiger charge is 2.55. The van der Waals surface area contributed by atoms with Crippen molar-refractivity contribution >= 4 is 17.4 Å². The van der Waals surface area contributed by atoms with E-state index in [4.69, 9.17) is 0 Å². The van der Waals surface area contributed by atoms with Crippen LogP contribution in [0, 0.1) is 0 Å². The predicted octanol–water partition coefficient (Wildman–Crippen LogP) is 3.05. The van der Waals surface area contributed by atoms with Crippen LogP contribution >= 0.6 is 11.3 Å². The number of carbonyl (C=O) groups is 1. The lowest BCUT2D eigenvalue weighted by molar-refractivity contribution is 0.0827. The molecule has 1 aromatic rings. The van der Waals surface area contributed by atoms with Crippen molar-refractivity contribution in [2.24, 2.45) is 0 Å². The third kappa shape index (κ3) is 2.26. The quantitative estimate of drug-likeness (QED) is 0.929. The van der Waals surface area contributed by atoms with E-state index in [0.29, 0.717) is 12.1 Å². The Bertz CT molecular complexity index is 544. The van der Waals surface area contributed by atoms with Crippen LogP contribution in [0.5, 0.6) is 0 Å². The lowest BCUT2D eigenvalue weighted by Crippen LogP contribution is -2.59. The smallest absolute Gasteiger partial charge is 0.317 e. The average Bonchev–Trinajstić information content (AvgIpc) is 3.12. The van der Waals surface area contributed by atoms with E-state index in [0.717, 1.165) is 25.9 Å². The second-order valence-electron chi connectivity index (χ2n) is 7.45. The van der Waals surface area contributed by atoms with Crippen molar-refractivity contribution in [1.29, 1.82) is 0 Å². The molecule has 2 bridgehead atoms. The van der Waals surface area contributed by atoms with E-state index in [1.165, 1.54) is 17.7 Å². The number of urea groups is 1. The normalized spacial score (nSPS) is 34.4. The highest BCUT2D eigenvalue weighted by Crippen LogP contribution is 2.43. The molecule has 3 aliphatic heterocycles. The summed E-state index contributed by atoms with van der Waals surface area (Å²) in [6, 6.07) is 5.93. The second kappa shape index (κ2) is 5.24. The minimum absolute atomic E-state index is 0.0552. The zero-order valence-corrected chi connectivity index (χ0v) is 14.2. The van der Waals surface area contributed by atoms with Gasteiger partial charge in [0.15, 0.2) is 0 Å². The maximum atomic E-state index is 13.0. The van der Waals surface area contributed by atoms with Gasteiger partial charge in [-0.05, 0) is 51.0 Å². The van der Waals surface area contributed by atoms with Crippen LogP contribution in [-0.2, 0) is 6.54 Å². The Kier molecular flexibility index (Phi) is 3.46. The lowest BCUT2D eigenvalue weighted by atomic mass is 9.82. The van der Waals surface area contributed by atoms with Crippen LogP contribution in [0.3, 0.4) is 0 Å². The first-order valence-electron chi connectivity index (χ1n) is 8.44. The fourth-order valence-electron chi connectivity index (χ4n) is 4.89. The number of thiophene rings is 1. The van der Waals surface area contributed by atoms with Gasteiger partial charge in [-0.2, -0.15) is 0 Å². The van der Waals surface area contributed by atoms with Crippen LogP contribution in [-0.4, -0.2) is 46.0 Å². The largest absolute Gasteiger partial charge is 0.321 e. The van der Waals surface area contributed by atoms with Crippen LogP contribution in [0.25, 0.3) is 0 Å². The van der Waals surface area contributed by atoms with Crippen LogP contribution in [0.4, 0.5) is 4.79 Å². The van der Waals surface area contributed by atoms with Crippen molar-refractivity contribution in [3.05, 3.63) is 22.4 Å². The molecule has 0 aromatic carbocycles. The van der Waals surface area contributed by atoms with E-state index in [1.54, 1.807) is 11.3 Å². The third-order valence-corrected chi connectivity index (χ3v) is 6.36. The van der Waals surface area contributed by atoms with Crippen LogP contribution in [0.2, 0.25) is 0 Å². The summed E-state index contributed by atoms with van der Waals surface area (Å²) in [6.45, 7) is 6.00. The average molecular weight is 319 g/mol. The number of piperidine rings is 1. The molecule has 4 nitrogen and oxygen atoms in total. The third-order valence-electron chi connectivity index (χ3n) is 5.50. The van der Waals surface area contributed by atoms with E-state index < -0.39 is 0 Å². The highest BCUT2D eigenvalue weighted by atomic mass is 32.1. The van der Waals surface area contributed by atoms with Crippen molar-refractivity contribution in [1.82, 2.24) is 15.1 Å². The first kappa shape index (κ1) is 14.5. The Labute approximate surface area is 136 Å². The number of hydrogen-bond donors (Lipinski definition) is 1. The maximum absolute atomic E-state index is 13.0. The molecule has 2 atom stereocenters. The first-order valence-corrected chi connectivity index (χ1v) is 9.32. The topological polar surface area (TPSA) is 35.6 Å². The van der Waals surface area contributed by atoms with Gasteiger partial charge in [-0.25, -0.2) is 4.79 Å². The number of hydrogen-bond acceptors (Lipinski definition) is 3. The maximum Gasteiger partial charge on any atom is 0.321 e. The SMILES string of the molecule is CC(C)N1C(=O)N(Cc2cccs2)CC12CC1CCC(C2)N1. The lowest BCUT2D eigenvalue weighted by Gasteiger charge is -2.45. The minimum atomic E-state index is 0.0552. The molecule has 22 heavy (non-hydrogen) atoms. The minimum Gasteiger partial charge on any atom is -0.317 e. The van der Waals surface area contributed by atoms with Gasteiger partial charge in [0.05, 0.1) is 12.1 Å². The summed E-state index contributed by atoms with van der Waals surface area (Å²) >= 11 is 1.75. The van der Waals surface area contributed by atoms with E-state index in [1.807, 2.05) is 0 Å². The molecule has 1 N–H and O–H groups in total. The molecule has 2 amide bonds. The van der Waals surface area contributed by atoms with Crippen molar-refractivity contribution < 1.29 is 4.79 Å². The molecule has 1 aromatic heterocycles. The molecular weight excluding hydrogens is 294 g/mol. The van der Waals surface area contributed by atoms with E-state index in [2.05, 4.69) is 46.5 Å². The zero-order valence-electron chi connectivity index (χ0n) is 13.4. The van der Waals surface area contributed by atoms with E-state index >= 15 is 0 Å². The van der Waals surface area contributed by atoms with Gasteiger partial charge in [0.1, 0.15) is 0 Å². The summed E-state index contributed by atoms with van der Waals surface area (Å²) in [5.74, 6) is 0. The van der Waals surface area contributed by atoms with Gasteiger partial charge < -0.3 is 15.1 Å².